The highest BCUT2D eigenvalue weighted by molar-refractivity contribution is 5.61. The van der Waals surface area contributed by atoms with Crippen molar-refractivity contribution in [2.24, 2.45) is 0 Å². The molecule has 1 saturated heterocycles. The second kappa shape index (κ2) is 8.48. The Labute approximate surface area is 143 Å². The Hall–Kier alpha value is -1.88. The van der Waals surface area contributed by atoms with Crippen LogP contribution >= 0.6 is 0 Å². The molecule has 1 heterocycles. The van der Waals surface area contributed by atoms with Crippen LogP contribution in [0.5, 0.6) is 17.2 Å². The van der Waals surface area contributed by atoms with Gasteiger partial charge in [0, 0.05) is 0 Å². The minimum absolute atomic E-state index is 0.120. The van der Waals surface area contributed by atoms with Gasteiger partial charge in [0.2, 0.25) is 12.0 Å². The molecule has 0 unspecified atom stereocenters. The quantitative estimate of drug-likeness (QED) is 0.360. The molecule has 25 heavy (non-hydrogen) atoms. The first-order valence-corrected chi connectivity index (χ1v) is 7.58. The van der Waals surface area contributed by atoms with E-state index in [2.05, 4.69) is 0 Å². The fraction of sp³-hybridized carbons (Fsp3) is 0.500. The van der Waals surface area contributed by atoms with Crippen molar-refractivity contribution in [2.75, 3.05) is 20.3 Å². The lowest BCUT2D eigenvalue weighted by Crippen LogP contribution is -2.60. The van der Waals surface area contributed by atoms with E-state index in [4.69, 9.17) is 19.3 Å². The van der Waals surface area contributed by atoms with Gasteiger partial charge in [0.15, 0.2) is 11.5 Å². The molecule has 0 spiro atoms. The van der Waals surface area contributed by atoms with Crippen molar-refractivity contribution < 1.29 is 44.8 Å². The van der Waals surface area contributed by atoms with Gasteiger partial charge < -0.3 is 44.8 Å². The summed E-state index contributed by atoms with van der Waals surface area (Å²) in [6, 6.07) is 2.86. The van der Waals surface area contributed by atoms with Crippen molar-refractivity contribution >= 4 is 6.08 Å². The maximum absolute atomic E-state index is 10.2. The second-order valence-electron chi connectivity index (χ2n) is 5.47. The summed E-state index contributed by atoms with van der Waals surface area (Å²) in [5.74, 6) is -0.351. The van der Waals surface area contributed by atoms with Crippen molar-refractivity contribution in [2.45, 2.75) is 30.7 Å². The van der Waals surface area contributed by atoms with Crippen LogP contribution < -0.4 is 9.47 Å². The Balaban J connectivity index is 2.28. The molecule has 9 heteroatoms. The van der Waals surface area contributed by atoms with Gasteiger partial charge in [0.05, 0.1) is 20.3 Å². The zero-order valence-corrected chi connectivity index (χ0v) is 13.5. The van der Waals surface area contributed by atoms with Gasteiger partial charge in [-0.05, 0) is 17.7 Å². The minimum atomic E-state index is -1.61. The van der Waals surface area contributed by atoms with E-state index < -0.39 is 37.3 Å². The summed E-state index contributed by atoms with van der Waals surface area (Å²) in [5, 5.41) is 57.7. The fourth-order valence-corrected chi connectivity index (χ4v) is 2.44. The van der Waals surface area contributed by atoms with Crippen LogP contribution in [0.3, 0.4) is 0 Å². The molecule has 0 amide bonds. The van der Waals surface area contributed by atoms with Crippen LogP contribution in [0, 0.1) is 0 Å². The number of methoxy groups -OCH3 is 1. The normalized spacial score (nSPS) is 29.8. The summed E-state index contributed by atoms with van der Waals surface area (Å²) in [6.45, 7) is -0.773. The highest BCUT2D eigenvalue weighted by atomic mass is 16.7. The van der Waals surface area contributed by atoms with Gasteiger partial charge in [-0.2, -0.15) is 0 Å². The van der Waals surface area contributed by atoms with Crippen molar-refractivity contribution in [1.82, 2.24) is 0 Å². The molecule has 0 saturated carbocycles. The molecular weight excluding hydrogens is 336 g/mol. The number of ether oxygens (including phenoxy) is 3. The lowest BCUT2D eigenvalue weighted by Gasteiger charge is -2.39. The largest absolute Gasteiger partial charge is 0.504 e. The number of phenols is 1. The number of benzene rings is 1. The molecule has 9 nitrogen and oxygen atoms in total. The molecule has 5 atom stereocenters. The Bertz CT molecular complexity index is 602. The molecule has 140 valence electrons. The number of aliphatic hydroxyl groups excluding tert-OH is 5. The standard InChI is InChI=1S/C16H22O9/c1-23-10-6-8(3-2-4-17)5-9(19)15(10)25-16-14(22)13(21)12(20)11(7-18)24-16/h2-3,5-6,11-14,16-22H,4,7H2,1H3/b3-2+/t11-,12-,13+,14-,16+/m1/s1. The van der Waals surface area contributed by atoms with Crippen molar-refractivity contribution in [3.8, 4) is 17.2 Å². The maximum Gasteiger partial charge on any atom is 0.229 e. The molecule has 2 rings (SSSR count). The highest BCUT2D eigenvalue weighted by Crippen LogP contribution is 2.40. The number of aliphatic hydroxyl groups is 5. The van der Waals surface area contributed by atoms with Crippen LogP contribution in [-0.2, 0) is 4.74 Å². The predicted octanol–water partition coefficient (Wildman–Crippen LogP) is -1.42. The summed E-state index contributed by atoms with van der Waals surface area (Å²) in [4.78, 5) is 0. The van der Waals surface area contributed by atoms with Crippen LogP contribution in [0.1, 0.15) is 5.56 Å². The van der Waals surface area contributed by atoms with Crippen molar-refractivity contribution in [3.05, 3.63) is 23.8 Å². The molecule has 6 N–H and O–H groups in total. The predicted molar refractivity (Wildman–Crippen MR) is 85.2 cm³/mol. The van der Waals surface area contributed by atoms with E-state index in [9.17, 15) is 25.5 Å². The van der Waals surface area contributed by atoms with E-state index in [1.54, 1.807) is 6.08 Å². The van der Waals surface area contributed by atoms with Crippen LogP contribution in [0.2, 0.25) is 0 Å². The second-order valence-corrected chi connectivity index (χ2v) is 5.47. The Kier molecular flexibility index (Phi) is 6.59. The zero-order valence-electron chi connectivity index (χ0n) is 13.5. The van der Waals surface area contributed by atoms with Gasteiger partial charge in [-0.15, -0.1) is 0 Å². The van der Waals surface area contributed by atoms with Crippen LogP contribution in [0.25, 0.3) is 6.08 Å². The van der Waals surface area contributed by atoms with Gasteiger partial charge in [0.25, 0.3) is 0 Å². The summed E-state index contributed by atoms with van der Waals surface area (Å²) < 4.78 is 15.8. The van der Waals surface area contributed by atoms with Gasteiger partial charge >= 0.3 is 0 Å². The van der Waals surface area contributed by atoms with Gasteiger partial charge in [-0.1, -0.05) is 12.2 Å². The van der Waals surface area contributed by atoms with Crippen LogP contribution in [-0.4, -0.2) is 81.7 Å². The lowest BCUT2D eigenvalue weighted by molar-refractivity contribution is -0.277. The number of aromatic hydroxyl groups is 1. The molecule has 1 fully saturated rings. The summed E-state index contributed by atoms with van der Waals surface area (Å²) >= 11 is 0. The monoisotopic (exact) mass is 358 g/mol. The van der Waals surface area contributed by atoms with Gasteiger partial charge in [0.1, 0.15) is 24.4 Å². The summed E-state index contributed by atoms with van der Waals surface area (Å²) in [5.41, 5.74) is 0.532. The van der Waals surface area contributed by atoms with Gasteiger partial charge in [-0.3, -0.25) is 0 Å². The first kappa shape index (κ1) is 19.4. The summed E-state index contributed by atoms with van der Waals surface area (Å²) in [7, 11) is 1.34. The molecule has 0 radical (unpaired) electrons. The zero-order chi connectivity index (χ0) is 18.6. The molecular formula is C16H22O9. The Morgan fingerprint density at radius 2 is 1.84 bits per heavy atom. The summed E-state index contributed by atoms with van der Waals surface area (Å²) in [6.07, 6.45) is -4.29. The van der Waals surface area contributed by atoms with E-state index in [1.807, 2.05) is 0 Å². The first-order valence-electron chi connectivity index (χ1n) is 7.58. The average molecular weight is 358 g/mol. The van der Waals surface area contributed by atoms with Crippen LogP contribution in [0.15, 0.2) is 18.2 Å². The number of hydrogen-bond acceptors (Lipinski definition) is 9. The van der Waals surface area contributed by atoms with E-state index >= 15 is 0 Å². The minimum Gasteiger partial charge on any atom is -0.504 e. The van der Waals surface area contributed by atoms with Gasteiger partial charge in [-0.25, -0.2) is 0 Å². The molecule has 1 aromatic rings. The maximum atomic E-state index is 10.2. The SMILES string of the molecule is COc1cc(/C=C/CO)cc(O)c1O[C@@H]1O[C@H](CO)[C@@H](O)[C@H](O)[C@H]1O. The molecule has 0 bridgehead atoms. The third-order valence-corrected chi connectivity index (χ3v) is 3.78. The lowest BCUT2D eigenvalue weighted by atomic mass is 9.99. The number of phenolic OH excluding ortho intramolecular Hbond substituents is 1. The fourth-order valence-electron chi connectivity index (χ4n) is 2.44. The third-order valence-electron chi connectivity index (χ3n) is 3.78. The highest BCUT2D eigenvalue weighted by Gasteiger charge is 2.45. The molecule has 0 aliphatic carbocycles. The molecule has 1 aromatic carbocycles. The molecule has 1 aliphatic heterocycles. The van der Waals surface area contributed by atoms with E-state index in [1.165, 1.54) is 25.3 Å². The van der Waals surface area contributed by atoms with E-state index in [-0.39, 0.29) is 23.9 Å². The van der Waals surface area contributed by atoms with E-state index in [0.717, 1.165) is 0 Å². The smallest absolute Gasteiger partial charge is 0.229 e. The van der Waals surface area contributed by atoms with Crippen LogP contribution in [0.4, 0.5) is 0 Å². The van der Waals surface area contributed by atoms with Crippen molar-refractivity contribution in [1.29, 1.82) is 0 Å². The Morgan fingerprint density at radius 1 is 1.12 bits per heavy atom. The van der Waals surface area contributed by atoms with E-state index in [0.29, 0.717) is 5.56 Å². The third kappa shape index (κ3) is 4.21. The molecule has 1 aliphatic rings. The molecule has 0 aromatic heterocycles. The number of hydrogen-bond donors (Lipinski definition) is 6. The van der Waals surface area contributed by atoms with Crippen molar-refractivity contribution in [3.63, 3.8) is 0 Å². The Morgan fingerprint density at radius 3 is 2.44 bits per heavy atom. The topological polar surface area (TPSA) is 149 Å². The first-order chi connectivity index (χ1) is 11.9. The number of rotatable bonds is 6. The average Bonchev–Trinajstić information content (AvgIpc) is 2.61.